The van der Waals surface area contributed by atoms with E-state index in [-0.39, 0.29) is 6.04 Å². The molecule has 0 aliphatic carbocycles. The van der Waals surface area contributed by atoms with Gasteiger partial charge in [0, 0.05) is 18.1 Å². The quantitative estimate of drug-likeness (QED) is 0.779. The highest BCUT2D eigenvalue weighted by atomic mass is 32.1. The first kappa shape index (κ1) is 19.3. The van der Waals surface area contributed by atoms with Crippen LogP contribution in [-0.4, -0.2) is 42.2 Å². The highest BCUT2D eigenvalue weighted by Crippen LogP contribution is 2.21. The Morgan fingerprint density at radius 3 is 2.32 bits per heavy atom. The number of hydrogen-bond donors (Lipinski definition) is 2. The van der Waals surface area contributed by atoms with Crippen LogP contribution in [0.25, 0.3) is 0 Å². The van der Waals surface area contributed by atoms with Crippen LogP contribution in [0.3, 0.4) is 0 Å². The number of pyridine rings is 1. The third-order valence-corrected chi connectivity index (χ3v) is 4.58. The topological polar surface area (TPSA) is 32.6 Å². The van der Waals surface area contributed by atoms with Gasteiger partial charge in [0.15, 0.2) is 5.11 Å². The molecule has 25 heavy (non-hydrogen) atoms. The number of aromatic nitrogens is 1. The minimum absolute atomic E-state index is 0.188. The summed E-state index contributed by atoms with van der Waals surface area (Å²) in [5.41, 5.74) is 4.73. The van der Waals surface area contributed by atoms with Crippen molar-refractivity contribution >= 4 is 23.0 Å². The molecule has 4 nitrogen and oxygen atoms in total. The van der Waals surface area contributed by atoms with Crippen LogP contribution >= 0.6 is 12.2 Å². The van der Waals surface area contributed by atoms with Gasteiger partial charge < -0.3 is 15.1 Å². The van der Waals surface area contributed by atoms with Crippen molar-refractivity contribution in [2.24, 2.45) is 0 Å². The number of rotatable bonds is 6. The average Bonchev–Trinajstić information content (AvgIpc) is 2.54. The van der Waals surface area contributed by atoms with E-state index in [2.05, 4.69) is 80.4 Å². The standard InChI is InChI=1S/C20H28N4S/c1-15-12-16(2)14-19(13-15)22-20(25)24(11-10-23(4)5)17(3)18-6-8-21-9-7-18/h6-9,12-14,17H,10-11H2,1-5H3,(H,22,25)/p+1. The zero-order chi connectivity index (χ0) is 18.4. The molecule has 2 N–H and O–H groups in total. The Labute approximate surface area is 156 Å². The van der Waals surface area contributed by atoms with E-state index in [1.165, 1.54) is 21.6 Å². The fourth-order valence-corrected chi connectivity index (χ4v) is 3.25. The summed E-state index contributed by atoms with van der Waals surface area (Å²) in [6.07, 6.45) is 3.67. The molecule has 1 atom stereocenters. The van der Waals surface area contributed by atoms with E-state index >= 15 is 0 Å². The maximum atomic E-state index is 5.76. The first-order chi connectivity index (χ1) is 11.9. The maximum absolute atomic E-state index is 5.76. The molecule has 1 aromatic carbocycles. The number of thiocarbonyl (C=S) groups is 1. The summed E-state index contributed by atoms with van der Waals surface area (Å²) in [6, 6.07) is 10.7. The van der Waals surface area contributed by atoms with E-state index in [1.807, 2.05) is 12.4 Å². The van der Waals surface area contributed by atoms with Gasteiger partial charge in [-0.3, -0.25) is 4.98 Å². The van der Waals surface area contributed by atoms with Gasteiger partial charge in [-0.15, -0.1) is 0 Å². The molecule has 0 spiro atoms. The van der Waals surface area contributed by atoms with E-state index in [0.29, 0.717) is 0 Å². The van der Waals surface area contributed by atoms with Crippen LogP contribution in [0.2, 0.25) is 0 Å². The van der Waals surface area contributed by atoms with Gasteiger partial charge in [-0.05, 0) is 73.9 Å². The second-order valence-corrected chi connectivity index (χ2v) is 7.30. The molecular formula is C20H29N4S+. The monoisotopic (exact) mass is 357 g/mol. The number of hydrogen-bond acceptors (Lipinski definition) is 2. The van der Waals surface area contributed by atoms with Crippen LogP contribution in [-0.2, 0) is 0 Å². The fraction of sp³-hybridized carbons (Fsp3) is 0.400. The predicted octanol–water partition coefficient (Wildman–Crippen LogP) is 2.60. The molecule has 0 aliphatic rings. The van der Waals surface area contributed by atoms with Crippen LogP contribution in [0.15, 0.2) is 42.7 Å². The number of anilines is 1. The third-order valence-electron chi connectivity index (χ3n) is 4.24. The summed E-state index contributed by atoms with van der Waals surface area (Å²) < 4.78 is 0. The van der Waals surface area contributed by atoms with Gasteiger partial charge in [-0.2, -0.15) is 0 Å². The van der Waals surface area contributed by atoms with Crippen LogP contribution in [0, 0.1) is 13.8 Å². The Morgan fingerprint density at radius 1 is 1.16 bits per heavy atom. The van der Waals surface area contributed by atoms with E-state index in [0.717, 1.165) is 23.9 Å². The van der Waals surface area contributed by atoms with Gasteiger partial charge in [0.05, 0.1) is 33.2 Å². The lowest BCUT2D eigenvalue weighted by atomic mass is 10.1. The largest absolute Gasteiger partial charge is 0.338 e. The lowest BCUT2D eigenvalue weighted by molar-refractivity contribution is -0.857. The molecule has 0 saturated heterocycles. The second-order valence-electron chi connectivity index (χ2n) is 6.91. The molecule has 1 heterocycles. The SMILES string of the molecule is Cc1cc(C)cc(NC(=S)N(CC[NH+](C)C)C(C)c2ccncc2)c1. The number of aryl methyl sites for hydroxylation is 2. The summed E-state index contributed by atoms with van der Waals surface area (Å²) >= 11 is 5.76. The van der Waals surface area contributed by atoms with Crippen LogP contribution in [0.1, 0.15) is 29.7 Å². The Hall–Kier alpha value is -1.98. The Balaban J connectivity index is 2.19. The molecule has 5 heteroatoms. The predicted molar refractivity (Wildman–Crippen MR) is 109 cm³/mol. The van der Waals surface area contributed by atoms with Crippen molar-refractivity contribution in [3.63, 3.8) is 0 Å². The number of nitrogens with one attached hydrogen (secondary N) is 2. The third kappa shape index (κ3) is 5.80. The smallest absolute Gasteiger partial charge is 0.174 e. The summed E-state index contributed by atoms with van der Waals surface area (Å²) in [5.74, 6) is 0. The van der Waals surface area contributed by atoms with Crippen molar-refractivity contribution in [3.8, 4) is 0 Å². The van der Waals surface area contributed by atoms with Crippen LogP contribution in [0.5, 0.6) is 0 Å². The van der Waals surface area contributed by atoms with Crippen LogP contribution in [0.4, 0.5) is 5.69 Å². The molecule has 0 fully saturated rings. The van der Waals surface area contributed by atoms with Gasteiger partial charge in [0.1, 0.15) is 0 Å². The number of quaternary nitrogens is 1. The summed E-state index contributed by atoms with van der Waals surface area (Å²) in [6.45, 7) is 8.31. The summed E-state index contributed by atoms with van der Waals surface area (Å²) in [5, 5.41) is 4.19. The van der Waals surface area contributed by atoms with Crippen molar-refractivity contribution < 1.29 is 4.90 Å². The van der Waals surface area contributed by atoms with Gasteiger partial charge in [-0.25, -0.2) is 0 Å². The molecule has 0 aliphatic heterocycles. The van der Waals surface area contributed by atoms with Gasteiger partial charge in [0.2, 0.25) is 0 Å². The number of likely N-dealkylation sites (N-methyl/N-ethyl adjacent to an activating group) is 1. The molecule has 1 aromatic heterocycles. The molecule has 2 aromatic rings. The highest BCUT2D eigenvalue weighted by molar-refractivity contribution is 7.80. The van der Waals surface area contributed by atoms with Gasteiger partial charge >= 0.3 is 0 Å². The number of nitrogens with zero attached hydrogens (tertiary/aromatic N) is 2. The maximum Gasteiger partial charge on any atom is 0.174 e. The van der Waals surface area contributed by atoms with E-state index in [1.54, 1.807) is 0 Å². The lowest BCUT2D eigenvalue weighted by Crippen LogP contribution is -3.06. The minimum Gasteiger partial charge on any atom is -0.338 e. The molecule has 134 valence electrons. The van der Waals surface area contributed by atoms with Crippen molar-refractivity contribution in [3.05, 3.63) is 59.4 Å². The summed E-state index contributed by atoms with van der Waals surface area (Å²) in [7, 11) is 4.32. The zero-order valence-electron chi connectivity index (χ0n) is 15.8. The molecule has 0 saturated carbocycles. The highest BCUT2D eigenvalue weighted by Gasteiger charge is 2.20. The van der Waals surface area contributed by atoms with Crippen LogP contribution < -0.4 is 10.2 Å². The minimum atomic E-state index is 0.188. The summed E-state index contributed by atoms with van der Waals surface area (Å²) in [4.78, 5) is 7.79. The number of benzene rings is 1. The molecular weight excluding hydrogens is 328 g/mol. The van der Waals surface area contributed by atoms with E-state index in [9.17, 15) is 0 Å². The molecule has 2 rings (SSSR count). The molecule has 0 radical (unpaired) electrons. The first-order valence-corrected chi connectivity index (χ1v) is 9.12. The molecule has 1 unspecified atom stereocenters. The Bertz CT molecular complexity index is 680. The van der Waals surface area contributed by atoms with Crippen molar-refractivity contribution in [1.29, 1.82) is 0 Å². The molecule has 0 bridgehead atoms. The van der Waals surface area contributed by atoms with E-state index < -0.39 is 0 Å². The van der Waals surface area contributed by atoms with E-state index in [4.69, 9.17) is 12.2 Å². The lowest BCUT2D eigenvalue weighted by Gasteiger charge is -2.32. The Morgan fingerprint density at radius 2 is 1.76 bits per heavy atom. The van der Waals surface area contributed by atoms with Crippen molar-refractivity contribution in [2.45, 2.75) is 26.8 Å². The van der Waals surface area contributed by atoms with Gasteiger partial charge in [0.25, 0.3) is 0 Å². The normalized spacial score (nSPS) is 12.1. The Kier molecular flexibility index (Phi) is 6.91. The van der Waals surface area contributed by atoms with Crippen molar-refractivity contribution in [2.75, 3.05) is 32.5 Å². The average molecular weight is 358 g/mol. The first-order valence-electron chi connectivity index (χ1n) is 8.71. The van der Waals surface area contributed by atoms with Crippen molar-refractivity contribution in [1.82, 2.24) is 9.88 Å². The fourth-order valence-electron chi connectivity index (χ4n) is 2.88. The molecule has 0 amide bonds. The zero-order valence-corrected chi connectivity index (χ0v) is 16.7. The second kappa shape index (κ2) is 8.92. The van der Waals surface area contributed by atoms with Gasteiger partial charge in [-0.1, -0.05) is 6.07 Å².